The van der Waals surface area contributed by atoms with Gasteiger partial charge in [0.15, 0.2) is 11.5 Å². The minimum Gasteiger partial charge on any atom is -0.493 e. The Kier molecular flexibility index (Phi) is 7.22. The molecule has 0 radical (unpaired) electrons. The van der Waals surface area contributed by atoms with E-state index in [9.17, 15) is 4.79 Å². The van der Waals surface area contributed by atoms with Crippen molar-refractivity contribution < 1.29 is 19.0 Å². The van der Waals surface area contributed by atoms with Gasteiger partial charge >= 0.3 is 6.09 Å². The van der Waals surface area contributed by atoms with Crippen molar-refractivity contribution in [2.24, 2.45) is 0 Å². The summed E-state index contributed by atoms with van der Waals surface area (Å²) in [5, 5.41) is 6.55. The lowest BCUT2D eigenvalue weighted by Gasteiger charge is -2.33. The number of aryl methyl sites for hydroxylation is 1. The molecule has 6 heteroatoms. The number of hydrogen-bond donors (Lipinski definition) is 2. The number of rotatable bonds is 8. The maximum Gasteiger partial charge on any atom is 0.407 e. The largest absolute Gasteiger partial charge is 0.493 e. The summed E-state index contributed by atoms with van der Waals surface area (Å²) < 4.78 is 16.3. The number of nitrogens with one attached hydrogen (secondary N) is 2. The summed E-state index contributed by atoms with van der Waals surface area (Å²) in [6.07, 6.45) is 3.04. The second-order valence-electron chi connectivity index (χ2n) is 7.20. The minimum absolute atomic E-state index is 0.141. The lowest BCUT2D eigenvalue weighted by Crippen LogP contribution is -2.37. The van der Waals surface area contributed by atoms with Gasteiger partial charge in [-0.25, -0.2) is 4.79 Å². The summed E-state index contributed by atoms with van der Waals surface area (Å²) in [6, 6.07) is 14.2. The number of benzene rings is 2. The Bertz CT molecular complexity index is 810. The molecule has 1 heterocycles. The standard InChI is InChI=1S/C23H30N2O4/c1-4-17-13-19(18-14-21(27-2)22(28-3)15-20(18)24-17)25-23(26)29-12-8-11-16-9-6-5-7-10-16/h5-7,9-10,14-15,17,19,24H,4,8,11-13H2,1-3H3,(H,25,26)/t17-,19+/m0/s1. The van der Waals surface area contributed by atoms with E-state index in [1.807, 2.05) is 30.3 Å². The zero-order valence-corrected chi connectivity index (χ0v) is 17.4. The van der Waals surface area contributed by atoms with Gasteiger partial charge in [-0.3, -0.25) is 0 Å². The summed E-state index contributed by atoms with van der Waals surface area (Å²) in [6.45, 7) is 2.52. The molecule has 2 N–H and O–H groups in total. The highest BCUT2D eigenvalue weighted by Gasteiger charge is 2.29. The Hall–Kier alpha value is -2.89. The minimum atomic E-state index is -0.388. The fraction of sp³-hybridized carbons (Fsp3) is 0.435. The van der Waals surface area contributed by atoms with Crippen LogP contribution in [0.4, 0.5) is 10.5 Å². The van der Waals surface area contributed by atoms with E-state index in [-0.39, 0.29) is 18.2 Å². The van der Waals surface area contributed by atoms with Crippen LogP contribution < -0.4 is 20.1 Å². The molecule has 0 saturated heterocycles. The summed E-state index contributed by atoms with van der Waals surface area (Å²) in [5.74, 6) is 1.31. The van der Waals surface area contributed by atoms with Crippen molar-refractivity contribution >= 4 is 11.8 Å². The van der Waals surface area contributed by atoms with Crippen molar-refractivity contribution in [3.63, 3.8) is 0 Å². The maximum atomic E-state index is 12.4. The molecule has 1 aliphatic heterocycles. The molecule has 0 spiro atoms. The molecule has 0 aromatic heterocycles. The molecule has 0 aliphatic carbocycles. The summed E-state index contributed by atoms with van der Waals surface area (Å²) in [4.78, 5) is 12.4. The van der Waals surface area contributed by atoms with Gasteiger partial charge in [-0.1, -0.05) is 37.3 Å². The molecular formula is C23H30N2O4. The van der Waals surface area contributed by atoms with Crippen molar-refractivity contribution in [1.82, 2.24) is 5.32 Å². The third-order valence-corrected chi connectivity index (χ3v) is 5.28. The molecule has 1 amide bonds. The molecule has 2 aromatic rings. The first kappa shape index (κ1) is 20.8. The van der Waals surface area contributed by atoms with E-state index in [0.717, 1.165) is 36.9 Å². The van der Waals surface area contributed by atoms with Crippen LogP contribution in [-0.2, 0) is 11.2 Å². The Morgan fingerprint density at radius 2 is 1.86 bits per heavy atom. The quantitative estimate of drug-likeness (QED) is 0.631. The normalized spacial score (nSPS) is 17.6. The number of carbonyl (C=O) groups excluding carboxylic acids is 1. The lowest BCUT2D eigenvalue weighted by atomic mass is 9.91. The highest BCUT2D eigenvalue weighted by atomic mass is 16.5. The molecule has 2 aromatic carbocycles. The zero-order chi connectivity index (χ0) is 20.6. The van der Waals surface area contributed by atoms with Crippen LogP contribution in [0.3, 0.4) is 0 Å². The van der Waals surface area contributed by atoms with Crippen molar-refractivity contribution in [2.45, 2.75) is 44.7 Å². The molecule has 156 valence electrons. The van der Waals surface area contributed by atoms with Crippen LogP contribution in [0.5, 0.6) is 11.5 Å². The first-order chi connectivity index (χ1) is 14.1. The monoisotopic (exact) mass is 398 g/mol. The van der Waals surface area contributed by atoms with Crippen molar-refractivity contribution in [3.05, 3.63) is 53.6 Å². The van der Waals surface area contributed by atoms with Crippen LogP contribution in [0.2, 0.25) is 0 Å². The van der Waals surface area contributed by atoms with Gasteiger partial charge in [0, 0.05) is 23.4 Å². The molecule has 6 nitrogen and oxygen atoms in total. The average Bonchev–Trinajstić information content (AvgIpc) is 2.76. The highest BCUT2D eigenvalue weighted by Crippen LogP contribution is 2.41. The Labute approximate surface area is 172 Å². The van der Waals surface area contributed by atoms with Crippen LogP contribution in [-0.4, -0.2) is 33.0 Å². The number of fused-ring (bicyclic) bond motifs is 1. The third kappa shape index (κ3) is 5.34. The van der Waals surface area contributed by atoms with Crippen LogP contribution in [0, 0.1) is 0 Å². The molecule has 2 atom stereocenters. The van der Waals surface area contributed by atoms with Crippen molar-refractivity contribution in [1.29, 1.82) is 0 Å². The van der Waals surface area contributed by atoms with Gasteiger partial charge in [0.2, 0.25) is 0 Å². The Morgan fingerprint density at radius 1 is 1.14 bits per heavy atom. The number of anilines is 1. The number of hydrogen-bond acceptors (Lipinski definition) is 5. The molecule has 3 rings (SSSR count). The first-order valence-electron chi connectivity index (χ1n) is 10.1. The van der Waals surface area contributed by atoms with Gasteiger partial charge in [0.25, 0.3) is 0 Å². The fourth-order valence-electron chi connectivity index (χ4n) is 3.67. The van der Waals surface area contributed by atoms with Crippen molar-refractivity contribution in [3.8, 4) is 11.5 Å². The topological polar surface area (TPSA) is 68.8 Å². The number of methoxy groups -OCH3 is 2. The molecule has 0 unspecified atom stereocenters. The van der Waals surface area contributed by atoms with E-state index in [4.69, 9.17) is 14.2 Å². The molecule has 0 saturated carbocycles. The number of carbonyl (C=O) groups is 1. The zero-order valence-electron chi connectivity index (χ0n) is 17.4. The molecule has 29 heavy (non-hydrogen) atoms. The maximum absolute atomic E-state index is 12.4. The second-order valence-corrected chi connectivity index (χ2v) is 7.20. The summed E-state index contributed by atoms with van der Waals surface area (Å²) in [7, 11) is 3.23. The van der Waals surface area contributed by atoms with Crippen LogP contribution >= 0.6 is 0 Å². The van der Waals surface area contributed by atoms with E-state index in [1.54, 1.807) is 14.2 Å². The smallest absolute Gasteiger partial charge is 0.407 e. The number of amides is 1. The van der Waals surface area contributed by atoms with Crippen LogP contribution in [0.15, 0.2) is 42.5 Å². The van der Waals surface area contributed by atoms with Crippen molar-refractivity contribution in [2.75, 3.05) is 26.1 Å². The summed E-state index contributed by atoms with van der Waals surface area (Å²) >= 11 is 0. The van der Waals surface area contributed by atoms with Gasteiger partial charge in [0.05, 0.1) is 26.9 Å². The lowest BCUT2D eigenvalue weighted by molar-refractivity contribution is 0.139. The van der Waals surface area contributed by atoms with E-state index in [1.165, 1.54) is 5.56 Å². The Balaban J connectivity index is 1.61. The molecule has 0 bridgehead atoms. The molecule has 1 aliphatic rings. The average molecular weight is 399 g/mol. The predicted octanol–water partition coefficient (Wildman–Crippen LogP) is 4.70. The third-order valence-electron chi connectivity index (χ3n) is 5.28. The van der Waals surface area contributed by atoms with E-state index in [2.05, 4.69) is 29.7 Å². The van der Waals surface area contributed by atoms with Gasteiger partial charge in [-0.2, -0.15) is 0 Å². The highest BCUT2D eigenvalue weighted by molar-refractivity contribution is 5.70. The molecular weight excluding hydrogens is 368 g/mol. The Morgan fingerprint density at radius 3 is 2.55 bits per heavy atom. The first-order valence-corrected chi connectivity index (χ1v) is 10.1. The SMILES string of the molecule is CC[C@H]1C[C@@H](NC(=O)OCCCc2ccccc2)c2cc(OC)c(OC)cc2N1. The van der Waals surface area contributed by atoms with Gasteiger partial charge in [-0.05, 0) is 37.3 Å². The van der Waals surface area contributed by atoms with Crippen LogP contribution in [0.25, 0.3) is 0 Å². The fourth-order valence-corrected chi connectivity index (χ4v) is 3.67. The van der Waals surface area contributed by atoms with E-state index in [0.29, 0.717) is 18.1 Å². The summed E-state index contributed by atoms with van der Waals surface area (Å²) in [5.41, 5.74) is 3.18. The van der Waals surface area contributed by atoms with Gasteiger partial charge in [-0.15, -0.1) is 0 Å². The van der Waals surface area contributed by atoms with Gasteiger partial charge < -0.3 is 24.8 Å². The van der Waals surface area contributed by atoms with E-state index < -0.39 is 0 Å². The number of alkyl carbamates (subject to hydrolysis) is 1. The second kappa shape index (κ2) is 10.0. The number of ether oxygens (including phenoxy) is 3. The van der Waals surface area contributed by atoms with Crippen LogP contribution in [0.1, 0.15) is 43.4 Å². The van der Waals surface area contributed by atoms with Gasteiger partial charge in [0.1, 0.15) is 0 Å². The predicted molar refractivity (Wildman–Crippen MR) is 114 cm³/mol. The molecule has 0 fully saturated rings. The van der Waals surface area contributed by atoms with E-state index >= 15 is 0 Å².